The minimum atomic E-state index is -1.04. The van der Waals surface area contributed by atoms with Crippen LogP contribution in [0.15, 0.2) is 41.0 Å². The molecule has 0 unspecified atom stereocenters. The van der Waals surface area contributed by atoms with Gasteiger partial charge in [-0.1, -0.05) is 34.1 Å². The van der Waals surface area contributed by atoms with Gasteiger partial charge in [0.05, 0.1) is 11.3 Å². The fraction of sp³-hybridized carbons (Fsp3) is 0.143. The molecule has 0 aliphatic heterocycles. The Bertz CT molecular complexity index is 646. The van der Waals surface area contributed by atoms with E-state index in [0.29, 0.717) is 18.1 Å². The number of aromatic nitrogens is 1. The smallest absolute Gasteiger partial charge is 0.337 e. The molecule has 1 aromatic heterocycles. The summed E-state index contributed by atoms with van der Waals surface area (Å²) in [6, 6.07) is 9.29. The first kappa shape index (κ1) is 14.3. The van der Waals surface area contributed by atoms with Gasteiger partial charge in [0.15, 0.2) is 5.82 Å². The second-order valence-corrected chi connectivity index (χ2v) is 5.24. The molecule has 0 fully saturated rings. The number of anilines is 2. The van der Waals surface area contributed by atoms with Gasteiger partial charge in [-0.25, -0.2) is 9.78 Å². The van der Waals surface area contributed by atoms with Crippen LogP contribution in [0.4, 0.5) is 11.5 Å². The minimum absolute atomic E-state index is 0.0838. The second-order valence-electron chi connectivity index (χ2n) is 4.39. The van der Waals surface area contributed by atoms with Crippen molar-refractivity contribution in [2.45, 2.75) is 6.54 Å². The van der Waals surface area contributed by atoms with E-state index in [0.717, 1.165) is 10.0 Å². The molecular formula is C14H14BrN3O2. The summed E-state index contributed by atoms with van der Waals surface area (Å²) in [6.07, 6.45) is 1.31. The first-order valence-corrected chi connectivity index (χ1v) is 6.71. The molecule has 0 saturated carbocycles. The average Bonchev–Trinajstić information content (AvgIpc) is 2.41. The molecule has 0 saturated heterocycles. The summed E-state index contributed by atoms with van der Waals surface area (Å²) < 4.78 is 1.01. The first-order chi connectivity index (χ1) is 9.49. The zero-order valence-electron chi connectivity index (χ0n) is 10.9. The molecule has 0 radical (unpaired) electrons. The molecule has 1 heterocycles. The van der Waals surface area contributed by atoms with Gasteiger partial charge in [-0.15, -0.1) is 0 Å². The average molecular weight is 336 g/mol. The number of halogens is 1. The van der Waals surface area contributed by atoms with Crippen molar-refractivity contribution in [2.75, 3.05) is 17.7 Å². The van der Waals surface area contributed by atoms with Crippen molar-refractivity contribution in [3.05, 3.63) is 52.1 Å². The zero-order valence-corrected chi connectivity index (χ0v) is 12.5. The van der Waals surface area contributed by atoms with E-state index >= 15 is 0 Å². The Hall–Kier alpha value is -2.08. The Labute approximate surface area is 125 Å². The van der Waals surface area contributed by atoms with Gasteiger partial charge in [-0.2, -0.15) is 0 Å². The third kappa shape index (κ3) is 3.08. The molecule has 20 heavy (non-hydrogen) atoms. The predicted molar refractivity (Wildman–Crippen MR) is 81.9 cm³/mol. The summed E-state index contributed by atoms with van der Waals surface area (Å²) in [4.78, 5) is 16.9. The summed E-state index contributed by atoms with van der Waals surface area (Å²) >= 11 is 3.49. The number of pyridine rings is 1. The fourth-order valence-electron chi connectivity index (χ4n) is 1.87. The number of carboxylic acid groups (broad SMARTS) is 1. The van der Waals surface area contributed by atoms with Crippen LogP contribution >= 0.6 is 15.9 Å². The number of hydrogen-bond acceptors (Lipinski definition) is 4. The summed E-state index contributed by atoms with van der Waals surface area (Å²) in [6.45, 7) is 0.616. The molecule has 6 heteroatoms. The van der Waals surface area contributed by atoms with Crippen LogP contribution in [0, 0.1) is 0 Å². The van der Waals surface area contributed by atoms with Crippen LogP contribution in [-0.4, -0.2) is 23.1 Å². The van der Waals surface area contributed by atoms with Crippen LogP contribution in [0.25, 0.3) is 0 Å². The van der Waals surface area contributed by atoms with E-state index < -0.39 is 5.97 Å². The lowest BCUT2D eigenvalue weighted by atomic mass is 10.2. The van der Waals surface area contributed by atoms with E-state index in [4.69, 9.17) is 10.8 Å². The number of nitrogens with two attached hydrogens (primary N) is 1. The van der Waals surface area contributed by atoms with Gasteiger partial charge >= 0.3 is 5.97 Å². The van der Waals surface area contributed by atoms with Gasteiger partial charge in [-0.05, 0) is 17.7 Å². The third-order valence-electron chi connectivity index (χ3n) is 2.87. The number of aromatic carboxylic acids is 1. The maximum Gasteiger partial charge on any atom is 0.337 e. The monoisotopic (exact) mass is 335 g/mol. The van der Waals surface area contributed by atoms with Crippen LogP contribution in [0.1, 0.15) is 15.9 Å². The molecule has 0 aliphatic carbocycles. The van der Waals surface area contributed by atoms with Crippen molar-refractivity contribution in [3.8, 4) is 0 Å². The van der Waals surface area contributed by atoms with E-state index in [1.54, 1.807) is 0 Å². The number of rotatable bonds is 4. The number of carbonyl (C=O) groups is 1. The van der Waals surface area contributed by atoms with E-state index in [9.17, 15) is 4.79 Å². The maximum atomic E-state index is 10.9. The summed E-state index contributed by atoms with van der Waals surface area (Å²) in [5, 5.41) is 8.89. The highest BCUT2D eigenvalue weighted by molar-refractivity contribution is 9.10. The van der Waals surface area contributed by atoms with Crippen LogP contribution in [-0.2, 0) is 6.54 Å². The molecule has 3 N–H and O–H groups in total. The number of nitrogens with zero attached hydrogens (tertiary/aromatic N) is 2. The molecule has 0 amide bonds. The Morgan fingerprint density at radius 3 is 2.75 bits per heavy atom. The number of hydrogen-bond donors (Lipinski definition) is 2. The molecule has 5 nitrogen and oxygen atoms in total. The quantitative estimate of drug-likeness (QED) is 0.897. The largest absolute Gasteiger partial charge is 0.478 e. The number of nitrogen functional groups attached to an aromatic ring is 1. The standard InChI is InChI=1S/C14H14BrN3O2/c1-18(8-9-4-2-3-5-11(9)15)13-12(16)6-10(7-17-13)14(19)20/h2-7H,8,16H2,1H3,(H,19,20). The van der Waals surface area contributed by atoms with E-state index in [-0.39, 0.29) is 5.56 Å². The van der Waals surface area contributed by atoms with Gasteiger partial charge < -0.3 is 15.7 Å². The van der Waals surface area contributed by atoms with Gasteiger partial charge in [0.2, 0.25) is 0 Å². The minimum Gasteiger partial charge on any atom is -0.478 e. The molecule has 0 atom stereocenters. The number of benzene rings is 1. The second kappa shape index (κ2) is 5.92. The molecular weight excluding hydrogens is 322 g/mol. The SMILES string of the molecule is CN(Cc1ccccc1Br)c1ncc(C(=O)O)cc1N. The van der Waals surface area contributed by atoms with E-state index in [2.05, 4.69) is 20.9 Å². The summed E-state index contributed by atoms with van der Waals surface area (Å²) in [5.41, 5.74) is 7.40. The molecule has 0 aliphatic rings. The predicted octanol–water partition coefficient (Wildman–Crippen LogP) is 2.76. The molecule has 2 rings (SSSR count). The van der Waals surface area contributed by atoms with Crippen LogP contribution < -0.4 is 10.6 Å². The highest BCUT2D eigenvalue weighted by Crippen LogP contribution is 2.24. The molecule has 2 aromatic rings. The maximum absolute atomic E-state index is 10.9. The van der Waals surface area contributed by atoms with Crippen molar-refractivity contribution >= 4 is 33.4 Å². The first-order valence-electron chi connectivity index (χ1n) is 5.92. The Morgan fingerprint density at radius 1 is 1.45 bits per heavy atom. The van der Waals surface area contributed by atoms with Crippen molar-refractivity contribution in [1.29, 1.82) is 0 Å². The van der Waals surface area contributed by atoms with Gasteiger partial charge in [0.1, 0.15) is 0 Å². The lowest BCUT2D eigenvalue weighted by Crippen LogP contribution is -2.20. The lowest BCUT2D eigenvalue weighted by molar-refractivity contribution is 0.0696. The van der Waals surface area contributed by atoms with Gasteiger partial charge in [0.25, 0.3) is 0 Å². The highest BCUT2D eigenvalue weighted by atomic mass is 79.9. The summed E-state index contributed by atoms with van der Waals surface area (Å²) in [5.74, 6) is -0.477. The van der Waals surface area contributed by atoms with E-state index in [1.165, 1.54) is 12.3 Å². The fourth-order valence-corrected chi connectivity index (χ4v) is 2.28. The van der Waals surface area contributed by atoms with E-state index in [1.807, 2.05) is 36.2 Å². The van der Waals surface area contributed by atoms with Crippen LogP contribution in [0.3, 0.4) is 0 Å². The normalized spacial score (nSPS) is 10.3. The Kier molecular flexibility index (Phi) is 4.24. The Morgan fingerprint density at radius 2 is 2.15 bits per heavy atom. The van der Waals surface area contributed by atoms with Crippen molar-refractivity contribution in [2.24, 2.45) is 0 Å². The molecule has 0 bridgehead atoms. The van der Waals surface area contributed by atoms with Crippen LogP contribution in [0.5, 0.6) is 0 Å². The lowest BCUT2D eigenvalue weighted by Gasteiger charge is -2.20. The highest BCUT2D eigenvalue weighted by Gasteiger charge is 2.12. The molecule has 0 spiro atoms. The van der Waals surface area contributed by atoms with Crippen molar-refractivity contribution < 1.29 is 9.90 Å². The topological polar surface area (TPSA) is 79.5 Å². The summed E-state index contributed by atoms with van der Waals surface area (Å²) in [7, 11) is 1.86. The van der Waals surface area contributed by atoms with Crippen LogP contribution in [0.2, 0.25) is 0 Å². The van der Waals surface area contributed by atoms with Crippen molar-refractivity contribution in [1.82, 2.24) is 4.98 Å². The molecule has 1 aromatic carbocycles. The van der Waals surface area contributed by atoms with Gasteiger partial charge in [-0.3, -0.25) is 0 Å². The number of carboxylic acids is 1. The Balaban J connectivity index is 2.23. The van der Waals surface area contributed by atoms with Gasteiger partial charge in [0, 0.05) is 24.3 Å². The molecule has 104 valence electrons. The van der Waals surface area contributed by atoms with Crippen molar-refractivity contribution in [3.63, 3.8) is 0 Å². The zero-order chi connectivity index (χ0) is 14.7. The third-order valence-corrected chi connectivity index (χ3v) is 3.64.